The molecule has 5 heteroatoms. The molecular formula is C61H40N4S. The summed E-state index contributed by atoms with van der Waals surface area (Å²) in [5.41, 5.74) is 15.2. The van der Waals surface area contributed by atoms with E-state index in [1.54, 1.807) is 0 Å². The highest BCUT2D eigenvalue weighted by Gasteiger charge is 2.26. The van der Waals surface area contributed by atoms with Crippen molar-refractivity contribution < 1.29 is 0 Å². The van der Waals surface area contributed by atoms with Crippen LogP contribution >= 0.6 is 11.3 Å². The molecule has 13 rings (SSSR count). The number of para-hydroxylation sites is 2. The van der Waals surface area contributed by atoms with Gasteiger partial charge in [0.15, 0.2) is 0 Å². The first-order chi connectivity index (χ1) is 32.6. The molecule has 12 aromatic rings. The van der Waals surface area contributed by atoms with Crippen LogP contribution in [0.2, 0.25) is 0 Å². The largest absolute Gasteiger partial charge is 0.313 e. The van der Waals surface area contributed by atoms with Crippen LogP contribution in [-0.4, -0.2) is 14.5 Å². The van der Waals surface area contributed by atoms with Gasteiger partial charge in [0.05, 0.1) is 33.6 Å². The molecule has 4 nitrogen and oxygen atoms in total. The summed E-state index contributed by atoms with van der Waals surface area (Å²) in [6.45, 7) is 6.11. The molecule has 66 heavy (non-hydrogen) atoms. The van der Waals surface area contributed by atoms with Gasteiger partial charge in [-0.1, -0.05) is 158 Å². The Morgan fingerprint density at radius 3 is 2.03 bits per heavy atom. The van der Waals surface area contributed by atoms with Crippen LogP contribution < -0.4 is 4.90 Å². The maximum absolute atomic E-state index is 5.57. The lowest BCUT2D eigenvalue weighted by atomic mass is 9.96. The first-order valence-corrected chi connectivity index (χ1v) is 23.2. The van der Waals surface area contributed by atoms with E-state index in [2.05, 4.69) is 229 Å². The number of rotatable bonds is 6. The van der Waals surface area contributed by atoms with Gasteiger partial charge in [-0.2, -0.15) is 0 Å². The van der Waals surface area contributed by atoms with Crippen LogP contribution in [0.5, 0.6) is 0 Å². The summed E-state index contributed by atoms with van der Waals surface area (Å²) in [4.78, 5) is 13.3. The van der Waals surface area contributed by atoms with Gasteiger partial charge >= 0.3 is 0 Å². The first-order valence-electron chi connectivity index (χ1n) is 22.3. The van der Waals surface area contributed by atoms with Gasteiger partial charge in [0.2, 0.25) is 5.95 Å². The van der Waals surface area contributed by atoms with Crippen molar-refractivity contribution >= 4 is 110 Å². The number of benzene rings is 9. The maximum atomic E-state index is 5.57. The lowest BCUT2D eigenvalue weighted by Gasteiger charge is -2.26. The SMILES string of the molecule is C=CC=C(C)n1c2ccccc2c2cc(-c3ccc4c(c3)C=Cc3cc5sc6ccccc6c5cc3N4c3nc(-c4ccc(-c5cccc6ccccc56)cc4)c4ccccc4n3)ccc21. The van der Waals surface area contributed by atoms with Crippen molar-refractivity contribution in [3.8, 4) is 33.5 Å². The fraction of sp³-hybridized carbons (Fsp3) is 0.0164. The van der Waals surface area contributed by atoms with E-state index in [0.717, 1.165) is 61.5 Å². The Labute approximate surface area is 386 Å². The number of fused-ring (bicyclic) bond motifs is 10. The molecule has 0 saturated carbocycles. The molecule has 0 atom stereocenters. The molecule has 4 heterocycles. The smallest absolute Gasteiger partial charge is 0.235 e. The van der Waals surface area contributed by atoms with Crippen LogP contribution in [0.25, 0.3) is 115 Å². The van der Waals surface area contributed by atoms with Crippen molar-refractivity contribution in [2.75, 3.05) is 4.90 Å². The Balaban J connectivity index is 0.994. The van der Waals surface area contributed by atoms with Crippen LogP contribution in [0.15, 0.2) is 207 Å². The molecule has 9 aromatic carbocycles. The van der Waals surface area contributed by atoms with Crippen molar-refractivity contribution in [2.24, 2.45) is 0 Å². The van der Waals surface area contributed by atoms with Crippen molar-refractivity contribution in [3.05, 3.63) is 218 Å². The van der Waals surface area contributed by atoms with Crippen LogP contribution in [0, 0.1) is 0 Å². The number of allylic oxidation sites excluding steroid dienone is 3. The molecule has 3 aromatic heterocycles. The van der Waals surface area contributed by atoms with Crippen LogP contribution in [0.4, 0.5) is 17.3 Å². The minimum absolute atomic E-state index is 0.622. The second-order valence-corrected chi connectivity index (χ2v) is 18.2. The molecule has 0 fully saturated rings. The molecule has 310 valence electrons. The highest BCUT2D eigenvalue weighted by atomic mass is 32.1. The van der Waals surface area contributed by atoms with Crippen LogP contribution in [0.1, 0.15) is 18.1 Å². The third-order valence-corrected chi connectivity index (χ3v) is 14.4. The molecule has 1 aliphatic heterocycles. The standard InChI is InChI=1S/C61H40N4S/c1-3-13-38(2)64-55-22-10-7-17-48(55)51-35-43(31-33-56(51)64)42-30-32-54-44(34-42)28-29-45-36-59-52(49-18-8-11-23-58(49)66-59)37-57(45)65(54)61-62-53-21-9-6-19-50(53)60(63-61)41-26-24-40(25-27-41)47-20-12-15-39-14-4-5-16-46(39)47/h3-37H,1H2,2H3. The fourth-order valence-corrected chi connectivity index (χ4v) is 11.3. The van der Waals surface area contributed by atoms with Gasteiger partial charge < -0.3 is 4.57 Å². The number of hydrogen-bond donors (Lipinski definition) is 0. The second-order valence-electron chi connectivity index (χ2n) is 17.1. The van der Waals surface area contributed by atoms with Crippen molar-refractivity contribution in [1.29, 1.82) is 0 Å². The summed E-state index contributed by atoms with van der Waals surface area (Å²) < 4.78 is 4.86. The highest BCUT2D eigenvalue weighted by molar-refractivity contribution is 7.25. The van der Waals surface area contributed by atoms with E-state index < -0.39 is 0 Å². The van der Waals surface area contributed by atoms with Gasteiger partial charge in [0.25, 0.3) is 0 Å². The van der Waals surface area contributed by atoms with Gasteiger partial charge in [-0.15, -0.1) is 11.3 Å². The van der Waals surface area contributed by atoms with Gasteiger partial charge in [0.1, 0.15) is 0 Å². The Kier molecular flexibility index (Phi) is 8.73. The third kappa shape index (κ3) is 6.05. The minimum atomic E-state index is 0.622. The zero-order valence-corrected chi connectivity index (χ0v) is 36.9. The van der Waals surface area contributed by atoms with Crippen molar-refractivity contribution in [1.82, 2.24) is 14.5 Å². The van der Waals surface area contributed by atoms with Gasteiger partial charge in [-0.3, -0.25) is 4.90 Å². The average molecular weight is 861 g/mol. The third-order valence-electron chi connectivity index (χ3n) is 13.2. The summed E-state index contributed by atoms with van der Waals surface area (Å²) in [6.07, 6.45) is 8.45. The molecule has 0 spiro atoms. The number of aromatic nitrogens is 3. The van der Waals surface area contributed by atoms with E-state index in [1.807, 2.05) is 17.4 Å². The van der Waals surface area contributed by atoms with E-state index in [-0.39, 0.29) is 0 Å². The van der Waals surface area contributed by atoms with E-state index >= 15 is 0 Å². The fourth-order valence-electron chi connectivity index (χ4n) is 10.1. The van der Waals surface area contributed by atoms with Crippen molar-refractivity contribution in [3.63, 3.8) is 0 Å². The lowest BCUT2D eigenvalue weighted by Crippen LogP contribution is -2.15. The normalized spacial score (nSPS) is 12.7. The predicted octanol–water partition coefficient (Wildman–Crippen LogP) is 17.3. The van der Waals surface area contributed by atoms with E-state index in [9.17, 15) is 0 Å². The molecule has 0 N–H and O–H groups in total. The molecule has 1 aliphatic rings. The average Bonchev–Trinajstić information content (AvgIpc) is 3.85. The van der Waals surface area contributed by atoms with Gasteiger partial charge in [-0.25, -0.2) is 9.97 Å². The summed E-state index contributed by atoms with van der Waals surface area (Å²) in [5.74, 6) is 0.622. The maximum Gasteiger partial charge on any atom is 0.235 e. The molecule has 0 saturated heterocycles. The number of anilines is 3. The Morgan fingerprint density at radius 1 is 0.500 bits per heavy atom. The topological polar surface area (TPSA) is 34.0 Å². The Bertz CT molecular complexity index is 4030. The summed E-state index contributed by atoms with van der Waals surface area (Å²) in [6, 6.07) is 68.1. The zero-order chi connectivity index (χ0) is 43.9. The molecule has 0 aliphatic carbocycles. The number of thiophene rings is 1. The molecule has 0 radical (unpaired) electrons. The van der Waals surface area contributed by atoms with Crippen LogP contribution in [-0.2, 0) is 0 Å². The minimum Gasteiger partial charge on any atom is -0.313 e. The zero-order valence-electron chi connectivity index (χ0n) is 36.1. The van der Waals surface area contributed by atoms with E-state index in [1.165, 1.54) is 63.9 Å². The summed E-state index contributed by atoms with van der Waals surface area (Å²) >= 11 is 1.84. The van der Waals surface area contributed by atoms with Crippen LogP contribution in [0.3, 0.4) is 0 Å². The van der Waals surface area contributed by atoms with Gasteiger partial charge in [-0.05, 0) is 106 Å². The van der Waals surface area contributed by atoms with E-state index in [0.29, 0.717) is 5.95 Å². The first kappa shape index (κ1) is 38.1. The second kappa shape index (κ2) is 15.1. The molecule has 0 unspecified atom stereocenters. The molecular weight excluding hydrogens is 821 g/mol. The Morgan fingerprint density at radius 2 is 1.17 bits per heavy atom. The molecule has 0 amide bonds. The van der Waals surface area contributed by atoms with Crippen molar-refractivity contribution in [2.45, 2.75) is 6.92 Å². The quantitative estimate of drug-likeness (QED) is 0.156. The summed E-state index contributed by atoms with van der Waals surface area (Å²) in [5, 5.41) is 8.40. The highest BCUT2D eigenvalue weighted by Crippen LogP contribution is 2.47. The number of hydrogen-bond acceptors (Lipinski definition) is 4. The summed E-state index contributed by atoms with van der Waals surface area (Å²) in [7, 11) is 0. The monoisotopic (exact) mass is 860 g/mol. The Hall–Kier alpha value is -8.38. The molecule has 0 bridgehead atoms. The number of nitrogens with zero attached hydrogens (tertiary/aromatic N) is 4. The predicted molar refractivity (Wildman–Crippen MR) is 283 cm³/mol. The van der Waals surface area contributed by atoms with Gasteiger partial charge in [0, 0.05) is 53.2 Å². The van der Waals surface area contributed by atoms with E-state index in [4.69, 9.17) is 9.97 Å². The lowest BCUT2D eigenvalue weighted by molar-refractivity contribution is 1.11.